The number of rotatable bonds is 3. The van der Waals surface area contributed by atoms with Gasteiger partial charge in [-0.2, -0.15) is 0 Å². The van der Waals surface area contributed by atoms with Gasteiger partial charge in [0.1, 0.15) is 0 Å². The van der Waals surface area contributed by atoms with Crippen LogP contribution in [0.2, 0.25) is 0 Å². The Morgan fingerprint density at radius 3 is 2.71 bits per heavy atom. The maximum absolute atomic E-state index is 5.87. The molecule has 4 heteroatoms. The van der Waals surface area contributed by atoms with Gasteiger partial charge < -0.3 is 10.6 Å². The molecule has 2 rings (SSSR count). The predicted octanol–water partition coefficient (Wildman–Crippen LogP) is 0.545. The fraction of sp³-hybridized carbons (Fsp3) is 0.615. The summed E-state index contributed by atoms with van der Waals surface area (Å²) in [5.41, 5.74) is 7.19. The van der Waals surface area contributed by atoms with Gasteiger partial charge in [0.2, 0.25) is 0 Å². The van der Waals surface area contributed by atoms with Crippen molar-refractivity contribution in [3.8, 4) is 0 Å². The Bertz CT molecular complexity index is 341. The lowest BCUT2D eigenvalue weighted by atomic mass is 10.1. The van der Waals surface area contributed by atoms with Crippen molar-refractivity contribution in [1.82, 2.24) is 14.8 Å². The first-order chi connectivity index (χ1) is 8.20. The summed E-state index contributed by atoms with van der Waals surface area (Å²) in [5.74, 6) is 0. The Kier molecular flexibility index (Phi) is 4.10. The molecule has 2 N–H and O–H groups in total. The molecule has 0 saturated carbocycles. The van der Waals surface area contributed by atoms with Gasteiger partial charge in [-0.1, -0.05) is 0 Å². The molecule has 2 heterocycles. The summed E-state index contributed by atoms with van der Waals surface area (Å²) in [4.78, 5) is 8.93. The molecule has 4 nitrogen and oxygen atoms in total. The smallest absolute Gasteiger partial charge is 0.0349 e. The van der Waals surface area contributed by atoms with Crippen molar-refractivity contribution < 1.29 is 0 Å². The highest BCUT2D eigenvalue weighted by atomic mass is 15.3. The third kappa shape index (κ3) is 3.03. The summed E-state index contributed by atoms with van der Waals surface area (Å²) in [6, 6.07) is 5.22. The molecular weight excluding hydrogens is 212 g/mol. The van der Waals surface area contributed by atoms with Gasteiger partial charge in [-0.05, 0) is 31.7 Å². The normalized spacial score (nSPS) is 27.2. The minimum atomic E-state index is 0.462. The molecule has 1 aliphatic rings. The maximum Gasteiger partial charge on any atom is 0.0349 e. The molecule has 17 heavy (non-hydrogen) atoms. The molecule has 94 valence electrons. The first-order valence-electron chi connectivity index (χ1n) is 6.24. The minimum Gasteiger partial charge on any atom is -0.329 e. The fourth-order valence-electron chi connectivity index (χ4n) is 2.40. The van der Waals surface area contributed by atoms with E-state index in [1.54, 1.807) is 0 Å². The lowest BCUT2D eigenvalue weighted by molar-refractivity contribution is 0.0499. The summed E-state index contributed by atoms with van der Waals surface area (Å²) in [7, 11) is 2.18. The van der Waals surface area contributed by atoms with E-state index >= 15 is 0 Å². The largest absolute Gasteiger partial charge is 0.329 e. The number of nitrogens with zero attached hydrogens (tertiary/aromatic N) is 3. The zero-order valence-corrected chi connectivity index (χ0v) is 10.7. The SMILES string of the molecule is CC1CN(Cc2ccncc2)C(CN)CN1C. The van der Waals surface area contributed by atoms with Crippen LogP contribution in [0, 0.1) is 0 Å². The van der Waals surface area contributed by atoms with Crippen LogP contribution < -0.4 is 5.73 Å². The van der Waals surface area contributed by atoms with Crippen molar-refractivity contribution in [3.63, 3.8) is 0 Å². The van der Waals surface area contributed by atoms with E-state index in [0.717, 1.165) is 26.2 Å². The highest BCUT2D eigenvalue weighted by Gasteiger charge is 2.28. The molecular formula is C13H22N4. The highest BCUT2D eigenvalue weighted by molar-refractivity contribution is 5.10. The standard InChI is InChI=1S/C13H22N4/c1-11-8-17(13(7-14)10-16(11)2)9-12-3-5-15-6-4-12/h3-6,11,13H,7-10,14H2,1-2H3. The highest BCUT2D eigenvalue weighted by Crippen LogP contribution is 2.16. The van der Waals surface area contributed by atoms with Crippen molar-refractivity contribution in [2.75, 3.05) is 26.7 Å². The van der Waals surface area contributed by atoms with Crippen LogP contribution in [0.1, 0.15) is 12.5 Å². The fourth-order valence-corrected chi connectivity index (χ4v) is 2.40. The quantitative estimate of drug-likeness (QED) is 0.829. The average molecular weight is 234 g/mol. The third-order valence-electron chi connectivity index (χ3n) is 3.67. The van der Waals surface area contributed by atoms with Gasteiger partial charge in [-0.25, -0.2) is 0 Å². The van der Waals surface area contributed by atoms with E-state index in [9.17, 15) is 0 Å². The Hall–Kier alpha value is -0.970. The van der Waals surface area contributed by atoms with Crippen LogP contribution in [-0.2, 0) is 6.54 Å². The maximum atomic E-state index is 5.87. The summed E-state index contributed by atoms with van der Waals surface area (Å²) < 4.78 is 0. The van der Waals surface area contributed by atoms with Gasteiger partial charge in [-0.3, -0.25) is 9.88 Å². The summed E-state index contributed by atoms with van der Waals surface area (Å²) >= 11 is 0. The van der Waals surface area contributed by atoms with Crippen LogP contribution in [0.25, 0.3) is 0 Å². The van der Waals surface area contributed by atoms with Crippen molar-refractivity contribution >= 4 is 0 Å². The van der Waals surface area contributed by atoms with Gasteiger partial charge in [0.15, 0.2) is 0 Å². The number of pyridine rings is 1. The van der Waals surface area contributed by atoms with Gasteiger partial charge in [0.05, 0.1) is 0 Å². The van der Waals surface area contributed by atoms with Gasteiger partial charge >= 0.3 is 0 Å². The van der Waals surface area contributed by atoms with E-state index in [-0.39, 0.29) is 0 Å². The number of piperazine rings is 1. The van der Waals surface area contributed by atoms with E-state index in [1.165, 1.54) is 5.56 Å². The van der Waals surface area contributed by atoms with E-state index in [2.05, 4.69) is 40.9 Å². The number of likely N-dealkylation sites (N-methyl/N-ethyl adjacent to an activating group) is 1. The van der Waals surface area contributed by atoms with Crippen molar-refractivity contribution in [1.29, 1.82) is 0 Å². The summed E-state index contributed by atoms with van der Waals surface area (Å²) in [6.45, 7) is 6.11. The monoisotopic (exact) mass is 234 g/mol. The van der Waals surface area contributed by atoms with Gasteiger partial charge in [-0.15, -0.1) is 0 Å². The zero-order valence-electron chi connectivity index (χ0n) is 10.7. The second-order valence-electron chi connectivity index (χ2n) is 4.96. The van der Waals surface area contributed by atoms with Crippen molar-refractivity contribution in [3.05, 3.63) is 30.1 Å². The molecule has 1 aromatic heterocycles. The Balaban J connectivity index is 2.03. The predicted molar refractivity (Wildman–Crippen MR) is 69.6 cm³/mol. The molecule has 2 atom stereocenters. The second-order valence-corrected chi connectivity index (χ2v) is 4.96. The molecule has 1 aromatic rings. The molecule has 1 aliphatic heterocycles. The van der Waals surface area contributed by atoms with Crippen molar-refractivity contribution in [2.45, 2.75) is 25.6 Å². The van der Waals surface area contributed by atoms with Crippen LogP contribution in [-0.4, -0.2) is 53.5 Å². The molecule has 0 bridgehead atoms. The number of hydrogen-bond acceptors (Lipinski definition) is 4. The Morgan fingerprint density at radius 2 is 2.06 bits per heavy atom. The number of nitrogens with two attached hydrogens (primary N) is 1. The summed E-state index contributed by atoms with van der Waals surface area (Å²) in [6.07, 6.45) is 3.71. The van der Waals surface area contributed by atoms with Crippen LogP contribution in [0.5, 0.6) is 0 Å². The molecule has 0 spiro atoms. The first kappa shape index (κ1) is 12.5. The number of hydrogen-bond donors (Lipinski definition) is 1. The minimum absolute atomic E-state index is 0.462. The molecule has 1 fully saturated rings. The molecule has 0 aliphatic carbocycles. The second kappa shape index (κ2) is 5.58. The molecule has 0 amide bonds. The van der Waals surface area contributed by atoms with Crippen LogP contribution in [0.4, 0.5) is 0 Å². The first-order valence-corrected chi connectivity index (χ1v) is 6.24. The lowest BCUT2D eigenvalue weighted by Crippen LogP contribution is -2.57. The molecule has 0 radical (unpaired) electrons. The zero-order chi connectivity index (χ0) is 12.3. The molecule has 2 unspecified atom stereocenters. The van der Waals surface area contributed by atoms with Crippen LogP contribution in [0.3, 0.4) is 0 Å². The van der Waals surface area contributed by atoms with E-state index in [1.807, 2.05) is 12.4 Å². The Morgan fingerprint density at radius 1 is 1.35 bits per heavy atom. The third-order valence-corrected chi connectivity index (χ3v) is 3.67. The Labute approximate surface area is 103 Å². The van der Waals surface area contributed by atoms with Crippen LogP contribution in [0.15, 0.2) is 24.5 Å². The van der Waals surface area contributed by atoms with Gasteiger partial charge in [0.25, 0.3) is 0 Å². The average Bonchev–Trinajstić information content (AvgIpc) is 2.35. The van der Waals surface area contributed by atoms with E-state index < -0.39 is 0 Å². The topological polar surface area (TPSA) is 45.4 Å². The van der Waals surface area contributed by atoms with Crippen LogP contribution >= 0.6 is 0 Å². The number of aromatic nitrogens is 1. The summed E-state index contributed by atoms with van der Waals surface area (Å²) in [5, 5.41) is 0. The molecule has 1 saturated heterocycles. The van der Waals surface area contributed by atoms with Crippen molar-refractivity contribution in [2.24, 2.45) is 5.73 Å². The van der Waals surface area contributed by atoms with Gasteiger partial charge in [0, 0.05) is 50.7 Å². The van der Waals surface area contributed by atoms with E-state index in [0.29, 0.717) is 12.1 Å². The lowest BCUT2D eigenvalue weighted by Gasteiger charge is -2.43. The van der Waals surface area contributed by atoms with E-state index in [4.69, 9.17) is 5.73 Å². The molecule has 0 aromatic carbocycles.